The van der Waals surface area contributed by atoms with Crippen LogP contribution in [0.15, 0.2) is 11.6 Å². The van der Waals surface area contributed by atoms with Crippen LogP contribution in [0, 0.1) is 5.41 Å². The van der Waals surface area contributed by atoms with Crippen molar-refractivity contribution in [2.45, 2.75) is 66.5 Å². The van der Waals surface area contributed by atoms with Crippen LogP contribution in [0.3, 0.4) is 0 Å². The molecule has 1 heterocycles. The lowest BCUT2D eigenvalue weighted by Crippen LogP contribution is -2.49. The standard InChI is InChI=1S/C14H27N/c1-11-10-12(13(2,3)4)8-9-15(11)14(5,6)7/h8,11H,9-10H2,1-7H3. The molecule has 0 radical (unpaired) electrons. The van der Waals surface area contributed by atoms with E-state index in [0.717, 1.165) is 6.54 Å². The van der Waals surface area contributed by atoms with Crippen LogP contribution in [-0.2, 0) is 0 Å². The van der Waals surface area contributed by atoms with Crippen LogP contribution in [0.25, 0.3) is 0 Å². The average Bonchev–Trinajstić information content (AvgIpc) is 1.99. The van der Waals surface area contributed by atoms with Gasteiger partial charge in [-0.3, -0.25) is 4.90 Å². The summed E-state index contributed by atoms with van der Waals surface area (Å²) < 4.78 is 0. The number of rotatable bonds is 0. The fourth-order valence-electron chi connectivity index (χ4n) is 2.45. The molecule has 0 aromatic carbocycles. The third-order valence-electron chi connectivity index (χ3n) is 3.41. The molecule has 0 saturated heterocycles. The quantitative estimate of drug-likeness (QED) is 0.548. The van der Waals surface area contributed by atoms with Crippen molar-refractivity contribution in [3.8, 4) is 0 Å². The smallest absolute Gasteiger partial charge is 0.0174 e. The van der Waals surface area contributed by atoms with Crippen LogP contribution in [0.2, 0.25) is 0 Å². The Morgan fingerprint density at radius 3 is 2.00 bits per heavy atom. The van der Waals surface area contributed by atoms with Gasteiger partial charge in [-0.2, -0.15) is 0 Å². The van der Waals surface area contributed by atoms with Crippen molar-refractivity contribution in [3.63, 3.8) is 0 Å². The van der Waals surface area contributed by atoms with Gasteiger partial charge < -0.3 is 0 Å². The first-order chi connectivity index (χ1) is 6.62. The Morgan fingerprint density at radius 2 is 1.67 bits per heavy atom. The summed E-state index contributed by atoms with van der Waals surface area (Å²) >= 11 is 0. The Balaban J connectivity index is 2.81. The molecule has 0 spiro atoms. The average molecular weight is 209 g/mol. The fraction of sp³-hybridized carbons (Fsp3) is 0.857. The molecule has 0 bridgehead atoms. The summed E-state index contributed by atoms with van der Waals surface area (Å²) in [6, 6.07) is 0.671. The molecule has 0 saturated carbocycles. The second-order valence-electron chi connectivity index (χ2n) is 6.86. The molecule has 1 rings (SSSR count). The summed E-state index contributed by atoms with van der Waals surface area (Å²) in [4.78, 5) is 2.59. The second-order valence-corrected chi connectivity index (χ2v) is 6.86. The predicted molar refractivity (Wildman–Crippen MR) is 68.1 cm³/mol. The topological polar surface area (TPSA) is 3.24 Å². The van der Waals surface area contributed by atoms with Crippen LogP contribution in [0.4, 0.5) is 0 Å². The maximum Gasteiger partial charge on any atom is 0.0174 e. The molecule has 0 aliphatic carbocycles. The van der Waals surface area contributed by atoms with Crippen molar-refractivity contribution in [2.75, 3.05) is 6.54 Å². The third kappa shape index (κ3) is 3.07. The van der Waals surface area contributed by atoms with Gasteiger partial charge in [0.15, 0.2) is 0 Å². The highest BCUT2D eigenvalue weighted by atomic mass is 15.2. The minimum absolute atomic E-state index is 0.291. The van der Waals surface area contributed by atoms with Gasteiger partial charge in [0.2, 0.25) is 0 Å². The molecule has 0 amide bonds. The molecule has 1 aliphatic rings. The Bertz CT molecular complexity index is 249. The van der Waals surface area contributed by atoms with Crippen molar-refractivity contribution < 1.29 is 0 Å². The second kappa shape index (κ2) is 3.93. The minimum Gasteiger partial charge on any atom is -0.292 e. The maximum atomic E-state index is 2.59. The molecule has 15 heavy (non-hydrogen) atoms. The largest absolute Gasteiger partial charge is 0.292 e. The first-order valence-corrected chi connectivity index (χ1v) is 6.08. The van der Waals surface area contributed by atoms with Crippen molar-refractivity contribution in [2.24, 2.45) is 5.41 Å². The number of hydrogen-bond acceptors (Lipinski definition) is 1. The Kier molecular flexibility index (Phi) is 3.35. The zero-order valence-corrected chi connectivity index (χ0v) is 11.5. The molecule has 1 nitrogen and oxygen atoms in total. The van der Waals surface area contributed by atoms with Crippen LogP contribution >= 0.6 is 0 Å². The van der Waals surface area contributed by atoms with E-state index in [1.165, 1.54) is 6.42 Å². The van der Waals surface area contributed by atoms with E-state index >= 15 is 0 Å². The molecular formula is C14H27N. The van der Waals surface area contributed by atoms with Crippen LogP contribution < -0.4 is 0 Å². The summed E-state index contributed by atoms with van der Waals surface area (Å²) in [5, 5.41) is 0. The van der Waals surface area contributed by atoms with Crippen molar-refractivity contribution in [1.82, 2.24) is 4.90 Å². The van der Waals surface area contributed by atoms with Crippen LogP contribution in [-0.4, -0.2) is 23.0 Å². The normalized spacial score (nSPS) is 25.3. The predicted octanol–water partition coefficient (Wildman–Crippen LogP) is 3.85. The SMILES string of the molecule is CC1CC(C(C)(C)C)=CCN1C(C)(C)C. The van der Waals surface area contributed by atoms with E-state index in [1.807, 2.05) is 0 Å². The van der Waals surface area contributed by atoms with Gasteiger partial charge >= 0.3 is 0 Å². The highest BCUT2D eigenvalue weighted by Crippen LogP contribution is 2.34. The van der Waals surface area contributed by atoms with Gasteiger partial charge in [-0.15, -0.1) is 0 Å². The maximum absolute atomic E-state index is 2.59. The minimum atomic E-state index is 0.291. The molecule has 1 atom stereocenters. The summed E-state index contributed by atoms with van der Waals surface area (Å²) in [7, 11) is 0. The van der Waals surface area contributed by atoms with E-state index in [-0.39, 0.29) is 0 Å². The van der Waals surface area contributed by atoms with Gasteiger partial charge in [-0.25, -0.2) is 0 Å². The van der Waals surface area contributed by atoms with Gasteiger partial charge in [0.05, 0.1) is 0 Å². The van der Waals surface area contributed by atoms with E-state index in [4.69, 9.17) is 0 Å². The summed E-state index contributed by atoms with van der Waals surface area (Å²) in [6.45, 7) is 17.3. The highest BCUT2D eigenvalue weighted by molar-refractivity contribution is 5.17. The molecule has 1 unspecified atom stereocenters. The van der Waals surface area contributed by atoms with Gasteiger partial charge in [-0.1, -0.05) is 32.4 Å². The van der Waals surface area contributed by atoms with Gasteiger partial charge in [0.1, 0.15) is 0 Å². The molecule has 1 heteroatoms. The summed E-state index contributed by atoms with van der Waals surface area (Å²) in [6.07, 6.45) is 3.66. The lowest BCUT2D eigenvalue weighted by molar-refractivity contribution is 0.0937. The van der Waals surface area contributed by atoms with E-state index < -0.39 is 0 Å². The molecule has 0 aromatic heterocycles. The molecule has 0 aromatic rings. The van der Waals surface area contributed by atoms with E-state index in [9.17, 15) is 0 Å². The fourth-order valence-corrected chi connectivity index (χ4v) is 2.45. The Labute approximate surface area is 95.5 Å². The Hall–Kier alpha value is -0.300. The van der Waals surface area contributed by atoms with E-state index in [0.29, 0.717) is 17.0 Å². The van der Waals surface area contributed by atoms with Gasteiger partial charge in [0.25, 0.3) is 0 Å². The van der Waals surface area contributed by atoms with Crippen LogP contribution in [0.5, 0.6) is 0 Å². The zero-order valence-electron chi connectivity index (χ0n) is 11.5. The van der Waals surface area contributed by atoms with E-state index in [2.05, 4.69) is 59.4 Å². The van der Waals surface area contributed by atoms with Gasteiger partial charge in [0, 0.05) is 18.1 Å². The summed E-state index contributed by atoms with van der Waals surface area (Å²) in [5.41, 5.74) is 2.26. The van der Waals surface area contributed by atoms with Crippen molar-refractivity contribution >= 4 is 0 Å². The first kappa shape index (κ1) is 12.8. The monoisotopic (exact) mass is 209 g/mol. The molecule has 0 fully saturated rings. The lowest BCUT2D eigenvalue weighted by atomic mass is 9.80. The van der Waals surface area contributed by atoms with Crippen molar-refractivity contribution in [3.05, 3.63) is 11.6 Å². The van der Waals surface area contributed by atoms with Gasteiger partial charge in [-0.05, 0) is 39.5 Å². The first-order valence-electron chi connectivity index (χ1n) is 6.08. The summed E-state index contributed by atoms with van der Waals surface area (Å²) in [5.74, 6) is 0. The zero-order chi connectivity index (χ0) is 11.9. The molecule has 88 valence electrons. The third-order valence-corrected chi connectivity index (χ3v) is 3.41. The van der Waals surface area contributed by atoms with E-state index in [1.54, 1.807) is 5.57 Å². The Morgan fingerprint density at radius 1 is 1.13 bits per heavy atom. The van der Waals surface area contributed by atoms with Crippen molar-refractivity contribution in [1.29, 1.82) is 0 Å². The molecule has 0 N–H and O–H groups in total. The highest BCUT2D eigenvalue weighted by Gasteiger charge is 2.31. The molecular weight excluding hydrogens is 182 g/mol. The molecule has 1 aliphatic heterocycles. The number of hydrogen-bond donors (Lipinski definition) is 0. The lowest BCUT2D eigenvalue weighted by Gasteiger charge is -2.44. The number of nitrogens with zero attached hydrogens (tertiary/aromatic N) is 1. The van der Waals surface area contributed by atoms with Crippen LogP contribution in [0.1, 0.15) is 54.9 Å².